The summed E-state index contributed by atoms with van der Waals surface area (Å²) in [6.07, 6.45) is 5.02. The number of hydrogen-bond donors (Lipinski definition) is 1. The highest BCUT2D eigenvalue weighted by molar-refractivity contribution is 6.07. The van der Waals surface area contributed by atoms with Gasteiger partial charge in [0.15, 0.2) is 0 Å². The maximum atomic E-state index is 15.1. The molecule has 1 spiro atoms. The number of nitrogens with zero attached hydrogens (tertiary/aromatic N) is 4. The number of ether oxygens (including phenoxy) is 1. The fourth-order valence-corrected chi connectivity index (χ4v) is 8.45. The molecule has 7 atom stereocenters. The van der Waals surface area contributed by atoms with Crippen molar-refractivity contribution in [2.75, 3.05) is 47.5 Å². The molecule has 9 nitrogen and oxygen atoms in total. The molecule has 0 saturated carbocycles. The zero-order chi connectivity index (χ0) is 34.8. The topological polar surface area (TPSA) is 93.6 Å². The van der Waals surface area contributed by atoms with Gasteiger partial charge in [0.2, 0.25) is 11.8 Å². The van der Waals surface area contributed by atoms with Crippen LogP contribution in [-0.2, 0) is 19.1 Å². The molecule has 9 heteroatoms. The maximum absolute atomic E-state index is 15.1. The first-order valence-corrected chi connectivity index (χ1v) is 17.4. The third kappa shape index (κ3) is 5.75. The highest BCUT2D eigenvalue weighted by atomic mass is 16.5. The number of carbonyl (C=O) groups is 3. The standard InChI is InChI=1S/C39H52N4O5/c1-8-24-41(29-16-14-13-15-17-29)35(45)32-33-36(46)43(31(26-44)27(6)10-3)34(39(33)23-22-38(32,7)48-39)37(47)42(25-9-2)30-20-18-28(19-21-30)40(11-4)12-5/h8-9,13-21,27,31-34,44H,1-2,10-12,22-26H2,3-7H3/t27-,31-,32+,33-,34?,38-,39?/m0/s1. The average molecular weight is 657 g/mol. The van der Waals surface area contributed by atoms with Crippen molar-refractivity contribution >= 4 is 34.8 Å². The van der Waals surface area contributed by atoms with E-state index in [2.05, 4.69) is 31.9 Å². The minimum Gasteiger partial charge on any atom is -0.394 e. The molecular formula is C39H52N4O5. The van der Waals surface area contributed by atoms with E-state index in [4.69, 9.17) is 4.74 Å². The Morgan fingerprint density at radius 1 is 0.938 bits per heavy atom. The molecule has 3 amide bonds. The number of para-hydroxylation sites is 1. The van der Waals surface area contributed by atoms with Gasteiger partial charge in [-0.3, -0.25) is 14.4 Å². The summed E-state index contributed by atoms with van der Waals surface area (Å²) in [5.74, 6) is -2.65. The second-order valence-corrected chi connectivity index (χ2v) is 13.6. The van der Waals surface area contributed by atoms with E-state index in [1.54, 1.807) is 26.9 Å². The van der Waals surface area contributed by atoms with Crippen LogP contribution in [0.4, 0.5) is 17.1 Å². The number of aliphatic hydroxyl groups excluding tert-OH is 1. The van der Waals surface area contributed by atoms with E-state index in [9.17, 15) is 14.7 Å². The molecular weight excluding hydrogens is 604 g/mol. The van der Waals surface area contributed by atoms with Crippen LogP contribution in [0.3, 0.4) is 0 Å². The predicted molar refractivity (Wildman–Crippen MR) is 191 cm³/mol. The van der Waals surface area contributed by atoms with E-state index in [1.807, 2.05) is 75.4 Å². The van der Waals surface area contributed by atoms with Crippen LogP contribution in [0.5, 0.6) is 0 Å². The number of fused-ring (bicyclic) bond motifs is 1. The molecule has 3 aliphatic heterocycles. The van der Waals surface area contributed by atoms with Crippen molar-refractivity contribution in [1.29, 1.82) is 0 Å². The largest absolute Gasteiger partial charge is 0.394 e. The molecule has 1 N–H and O–H groups in total. The first-order valence-electron chi connectivity index (χ1n) is 17.4. The zero-order valence-corrected chi connectivity index (χ0v) is 29.2. The van der Waals surface area contributed by atoms with Crippen molar-refractivity contribution in [3.05, 3.63) is 79.9 Å². The first kappa shape index (κ1) is 35.4. The van der Waals surface area contributed by atoms with Crippen LogP contribution < -0.4 is 14.7 Å². The van der Waals surface area contributed by atoms with Gasteiger partial charge < -0.3 is 29.4 Å². The fourth-order valence-electron chi connectivity index (χ4n) is 8.45. The number of amides is 3. The lowest BCUT2D eigenvalue weighted by Crippen LogP contribution is -2.60. The Bertz CT molecular complexity index is 1490. The third-order valence-corrected chi connectivity index (χ3v) is 11.1. The Morgan fingerprint density at radius 2 is 1.50 bits per heavy atom. The monoisotopic (exact) mass is 656 g/mol. The molecule has 2 bridgehead atoms. The minimum absolute atomic E-state index is 0.103. The van der Waals surface area contributed by atoms with Crippen molar-refractivity contribution in [2.45, 2.75) is 77.2 Å². The number of hydrogen-bond acceptors (Lipinski definition) is 6. The first-order chi connectivity index (χ1) is 23.1. The van der Waals surface area contributed by atoms with Crippen molar-refractivity contribution in [1.82, 2.24) is 4.90 Å². The molecule has 3 aliphatic rings. The molecule has 48 heavy (non-hydrogen) atoms. The van der Waals surface area contributed by atoms with Gasteiger partial charge in [0.25, 0.3) is 5.91 Å². The van der Waals surface area contributed by atoms with E-state index in [0.29, 0.717) is 30.6 Å². The molecule has 3 heterocycles. The predicted octanol–water partition coefficient (Wildman–Crippen LogP) is 5.44. The van der Waals surface area contributed by atoms with Crippen molar-refractivity contribution < 1.29 is 24.2 Å². The van der Waals surface area contributed by atoms with Gasteiger partial charge in [-0.15, -0.1) is 13.2 Å². The highest BCUT2D eigenvalue weighted by Gasteiger charge is 2.79. The van der Waals surface area contributed by atoms with Crippen LogP contribution in [0.1, 0.15) is 53.9 Å². The second kappa shape index (κ2) is 14.3. The molecule has 258 valence electrons. The van der Waals surface area contributed by atoms with Gasteiger partial charge in [-0.2, -0.15) is 0 Å². The summed E-state index contributed by atoms with van der Waals surface area (Å²) >= 11 is 0. The number of anilines is 3. The Balaban J connectivity index is 1.62. The molecule has 0 radical (unpaired) electrons. The Kier molecular flexibility index (Phi) is 10.5. The van der Waals surface area contributed by atoms with E-state index in [0.717, 1.165) is 18.8 Å². The van der Waals surface area contributed by atoms with Gasteiger partial charge in [0, 0.05) is 43.2 Å². The number of benzene rings is 2. The quantitative estimate of drug-likeness (QED) is 0.257. The van der Waals surface area contributed by atoms with Crippen LogP contribution in [0, 0.1) is 17.8 Å². The molecule has 3 fully saturated rings. The van der Waals surface area contributed by atoms with Gasteiger partial charge in [-0.1, -0.05) is 50.6 Å². The summed E-state index contributed by atoms with van der Waals surface area (Å²) in [5, 5.41) is 10.8. The molecule has 2 aromatic rings. The van der Waals surface area contributed by atoms with E-state index in [1.165, 1.54) is 0 Å². The van der Waals surface area contributed by atoms with Crippen LogP contribution >= 0.6 is 0 Å². The van der Waals surface area contributed by atoms with Gasteiger partial charge in [0.1, 0.15) is 11.6 Å². The SMILES string of the molecule is C=CCN(C(=O)C1N([C@@H](CO)[C@@H](C)CC)C(=O)[C@@H]2[C@H](C(=O)N(CC=C)c3ccccc3)[C@]3(C)CCC12O3)c1ccc(N(CC)CC)cc1. The minimum atomic E-state index is -1.23. The highest BCUT2D eigenvalue weighted by Crippen LogP contribution is 2.64. The molecule has 2 unspecified atom stereocenters. The lowest BCUT2D eigenvalue weighted by Gasteiger charge is -2.41. The van der Waals surface area contributed by atoms with Crippen molar-refractivity contribution in [2.24, 2.45) is 17.8 Å². The fraction of sp³-hybridized carbons (Fsp3) is 0.513. The summed E-state index contributed by atoms with van der Waals surface area (Å²) in [5.41, 5.74) is 0.255. The normalized spacial score (nSPS) is 26.9. The van der Waals surface area contributed by atoms with Gasteiger partial charge in [-0.25, -0.2) is 0 Å². The van der Waals surface area contributed by atoms with Crippen LogP contribution in [-0.4, -0.2) is 83.8 Å². The Hall–Kier alpha value is -3.95. The molecule has 3 saturated heterocycles. The van der Waals surface area contributed by atoms with Crippen LogP contribution in [0.2, 0.25) is 0 Å². The summed E-state index contributed by atoms with van der Waals surface area (Å²) < 4.78 is 6.96. The van der Waals surface area contributed by atoms with Gasteiger partial charge in [0.05, 0.1) is 30.1 Å². The van der Waals surface area contributed by atoms with Gasteiger partial charge in [-0.05, 0) is 75.9 Å². The molecule has 2 aromatic carbocycles. The molecule has 5 rings (SSSR count). The maximum Gasteiger partial charge on any atom is 0.253 e. The van der Waals surface area contributed by atoms with Crippen molar-refractivity contribution in [3.8, 4) is 0 Å². The third-order valence-electron chi connectivity index (χ3n) is 11.1. The van der Waals surface area contributed by atoms with Crippen LogP contribution in [0.15, 0.2) is 79.9 Å². The Labute approximate surface area is 285 Å². The number of likely N-dealkylation sites (tertiary alicyclic amines) is 1. The number of rotatable bonds is 15. The van der Waals surface area contributed by atoms with E-state index >= 15 is 4.79 Å². The summed E-state index contributed by atoms with van der Waals surface area (Å²) in [6, 6.07) is 15.6. The smallest absolute Gasteiger partial charge is 0.253 e. The number of carbonyl (C=O) groups excluding carboxylic acids is 3. The second-order valence-electron chi connectivity index (χ2n) is 13.6. The van der Waals surface area contributed by atoms with Crippen molar-refractivity contribution in [3.63, 3.8) is 0 Å². The summed E-state index contributed by atoms with van der Waals surface area (Å²) in [4.78, 5) is 51.9. The summed E-state index contributed by atoms with van der Waals surface area (Å²) in [7, 11) is 0. The average Bonchev–Trinajstić information content (AvgIpc) is 3.67. The summed E-state index contributed by atoms with van der Waals surface area (Å²) in [6.45, 7) is 19.8. The number of aliphatic hydroxyl groups is 1. The lowest BCUT2D eigenvalue weighted by atomic mass is 9.66. The van der Waals surface area contributed by atoms with E-state index < -0.39 is 35.1 Å². The lowest BCUT2D eigenvalue weighted by molar-refractivity contribution is -0.149. The van der Waals surface area contributed by atoms with E-state index in [-0.39, 0.29) is 43.3 Å². The zero-order valence-electron chi connectivity index (χ0n) is 29.2. The molecule has 0 aromatic heterocycles. The Morgan fingerprint density at radius 3 is 2.04 bits per heavy atom. The van der Waals surface area contributed by atoms with Crippen LogP contribution in [0.25, 0.3) is 0 Å². The van der Waals surface area contributed by atoms with Gasteiger partial charge >= 0.3 is 0 Å². The molecule has 0 aliphatic carbocycles.